The lowest BCUT2D eigenvalue weighted by Gasteiger charge is -2.05. The lowest BCUT2D eigenvalue weighted by atomic mass is 10.3. The number of benzene rings is 1. The first kappa shape index (κ1) is 12.6. The van der Waals surface area contributed by atoms with E-state index >= 15 is 0 Å². The highest BCUT2D eigenvalue weighted by Crippen LogP contribution is 2.23. The van der Waals surface area contributed by atoms with Crippen LogP contribution in [0.3, 0.4) is 0 Å². The number of hydrogen-bond acceptors (Lipinski definition) is 5. The van der Waals surface area contributed by atoms with Gasteiger partial charge in [-0.25, -0.2) is 0 Å². The molecular formula is C12H14N2O3S. The maximum Gasteiger partial charge on any atom is 0.308 e. The second kappa shape index (κ2) is 5.22. The van der Waals surface area contributed by atoms with Crippen molar-refractivity contribution >= 4 is 27.5 Å². The highest BCUT2D eigenvalue weighted by molar-refractivity contribution is 7.16. The lowest BCUT2D eigenvalue weighted by Crippen LogP contribution is -2.19. The van der Waals surface area contributed by atoms with Crippen LogP contribution >= 0.6 is 11.3 Å². The Kier molecular flexibility index (Phi) is 3.66. The minimum absolute atomic E-state index is 0.0608. The smallest absolute Gasteiger partial charge is 0.308 e. The predicted octanol–water partition coefficient (Wildman–Crippen LogP) is 2.09. The summed E-state index contributed by atoms with van der Waals surface area (Å²) in [5.74, 6) is 0.811. The SMILES string of the molecule is CCOc1ccc2c(c1)sc(=O)n2CC(=N)OC. The van der Waals surface area contributed by atoms with Gasteiger partial charge >= 0.3 is 4.87 Å². The molecule has 1 aromatic heterocycles. The van der Waals surface area contributed by atoms with Gasteiger partial charge < -0.3 is 9.47 Å². The van der Waals surface area contributed by atoms with Crippen LogP contribution in [0.5, 0.6) is 5.75 Å². The molecule has 0 spiro atoms. The number of ether oxygens (including phenoxy) is 2. The monoisotopic (exact) mass is 266 g/mol. The van der Waals surface area contributed by atoms with Crippen molar-refractivity contribution in [1.29, 1.82) is 5.41 Å². The molecule has 0 fully saturated rings. The largest absolute Gasteiger partial charge is 0.494 e. The molecule has 0 radical (unpaired) electrons. The van der Waals surface area contributed by atoms with E-state index in [1.807, 2.05) is 25.1 Å². The number of methoxy groups -OCH3 is 1. The third-order valence-corrected chi connectivity index (χ3v) is 3.44. The number of thiazole rings is 1. The molecule has 0 aliphatic rings. The molecule has 1 N–H and O–H groups in total. The van der Waals surface area contributed by atoms with Crippen LogP contribution in [0.1, 0.15) is 6.92 Å². The summed E-state index contributed by atoms with van der Waals surface area (Å²) < 4.78 is 12.6. The van der Waals surface area contributed by atoms with Gasteiger partial charge in [0.2, 0.25) is 5.90 Å². The summed E-state index contributed by atoms with van der Waals surface area (Å²) in [5, 5.41) is 7.49. The summed E-state index contributed by atoms with van der Waals surface area (Å²) in [6, 6.07) is 5.50. The quantitative estimate of drug-likeness (QED) is 0.680. The van der Waals surface area contributed by atoms with Crippen LogP contribution in [-0.4, -0.2) is 24.2 Å². The van der Waals surface area contributed by atoms with Gasteiger partial charge in [-0.1, -0.05) is 11.3 Å². The highest BCUT2D eigenvalue weighted by Gasteiger charge is 2.10. The van der Waals surface area contributed by atoms with Crippen LogP contribution in [0.2, 0.25) is 0 Å². The molecule has 0 aliphatic carbocycles. The fraction of sp³-hybridized carbons (Fsp3) is 0.333. The van der Waals surface area contributed by atoms with Crippen molar-refractivity contribution in [2.24, 2.45) is 0 Å². The van der Waals surface area contributed by atoms with Gasteiger partial charge in [0.15, 0.2) is 0 Å². The van der Waals surface area contributed by atoms with Gasteiger partial charge in [0.25, 0.3) is 0 Å². The van der Waals surface area contributed by atoms with Crippen molar-refractivity contribution in [2.45, 2.75) is 13.5 Å². The summed E-state index contributed by atoms with van der Waals surface area (Å²) in [6.07, 6.45) is 0. The van der Waals surface area contributed by atoms with Gasteiger partial charge in [-0.3, -0.25) is 14.8 Å². The van der Waals surface area contributed by atoms with Gasteiger partial charge in [0.05, 0.1) is 23.9 Å². The van der Waals surface area contributed by atoms with Crippen LogP contribution in [0, 0.1) is 5.41 Å². The molecular weight excluding hydrogens is 252 g/mol. The van der Waals surface area contributed by atoms with Crippen molar-refractivity contribution in [3.63, 3.8) is 0 Å². The maximum atomic E-state index is 11.8. The minimum atomic E-state index is -0.0968. The van der Waals surface area contributed by atoms with Crippen LogP contribution in [0.25, 0.3) is 10.2 Å². The normalized spacial score (nSPS) is 10.6. The number of rotatable bonds is 4. The molecule has 2 rings (SSSR count). The van der Waals surface area contributed by atoms with E-state index < -0.39 is 0 Å². The number of fused-ring (bicyclic) bond motifs is 1. The molecule has 1 aromatic carbocycles. The van der Waals surface area contributed by atoms with Crippen LogP contribution in [0.4, 0.5) is 0 Å². The Morgan fingerprint density at radius 3 is 2.94 bits per heavy atom. The third-order valence-electron chi connectivity index (χ3n) is 2.50. The van der Waals surface area contributed by atoms with E-state index in [1.54, 1.807) is 0 Å². The average Bonchev–Trinajstić information content (AvgIpc) is 2.65. The van der Waals surface area contributed by atoms with Gasteiger partial charge in [0.1, 0.15) is 12.3 Å². The second-order valence-corrected chi connectivity index (χ2v) is 4.64. The summed E-state index contributed by atoms with van der Waals surface area (Å²) in [5.41, 5.74) is 0.801. The van der Waals surface area contributed by atoms with E-state index in [9.17, 15) is 4.79 Å². The molecule has 2 aromatic rings. The Hall–Kier alpha value is -1.82. The highest BCUT2D eigenvalue weighted by atomic mass is 32.1. The van der Waals surface area contributed by atoms with E-state index in [2.05, 4.69) is 0 Å². The Balaban J connectivity index is 2.45. The molecule has 0 unspecified atom stereocenters. The molecule has 18 heavy (non-hydrogen) atoms. The molecule has 0 aliphatic heterocycles. The summed E-state index contributed by atoms with van der Waals surface area (Å²) >= 11 is 1.15. The van der Waals surface area contributed by atoms with Crippen molar-refractivity contribution in [2.75, 3.05) is 13.7 Å². The van der Waals surface area contributed by atoms with Crippen LogP contribution in [-0.2, 0) is 11.3 Å². The Bertz CT molecular complexity index is 630. The molecule has 0 atom stereocenters. The Morgan fingerprint density at radius 1 is 1.50 bits per heavy atom. The number of aromatic nitrogens is 1. The summed E-state index contributed by atoms with van der Waals surface area (Å²) in [7, 11) is 1.43. The van der Waals surface area contributed by atoms with Crippen LogP contribution in [0.15, 0.2) is 23.0 Å². The first-order valence-electron chi connectivity index (χ1n) is 5.53. The van der Waals surface area contributed by atoms with Gasteiger partial charge in [-0.2, -0.15) is 0 Å². The minimum Gasteiger partial charge on any atom is -0.494 e. The molecule has 1 heterocycles. The Morgan fingerprint density at radius 2 is 2.28 bits per heavy atom. The topological polar surface area (TPSA) is 64.3 Å². The first-order chi connectivity index (χ1) is 8.65. The van der Waals surface area contributed by atoms with Crippen molar-refractivity contribution in [1.82, 2.24) is 4.57 Å². The standard InChI is InChI=1S/C12H14N2O3S/c1-3-17-8-4-5-9-10(6-8)18-12(15)14(9)7-11(13)16-2/h4-6,13H,3,7H2,1-2H3. The molecule has 6 heteroatoms. The van der Waals surface area contributed by atoms with Crippen molar-refractivity contribution in [3.05, 3.63) is 27.9 Å². The molecule has 0 saturated carbocycles. The van der Waals surface area contributed by atoms with E-state index in [0.29, 0.717) is 6.61 Å². The zero-order valence-corrected chi connectivity index (χ0v) is 11.0. The zero-order valence-electron chi connectivity index (χ0n) is 10.2. The number of nitrogens with one attached hydrogen (secondary N) is 1. The number of hydrogen-bond donors (Lipinski definition) is 1. The third kappa shape index (κ3) is 2.38. The molecule has 0 bridgehead atoms. The van der Waals surface area contributed by atoms with Crippen molar-refractivity contribution < 1.29 is 9.47 Å². The maximum absolute atomic E-state index is 11.8. The van der Waals surface area contributed by atoms with Crippen LogP contribution < -0.4 is 9.61 Å². The fourth-order valence-electron chi connectivity index (χ4n) is 1.66. The van der Waals surface area contributed by atoms with Gasteiger partial charge in [0, 0.05) is 0 Å². The number of nitrogens with zero attached hydrogens (tertiary/aromatic N) is 1. The fourth-order valence-corrected chi connectivity index (χ4v) is 2.58. The van der Waals surface area contributed by atoms with E-state index in [4.69, 9.17) is 14.9 Å². The molecule has 5 nitrogen and oxygen atoms in total. The van der Waals surface area contributed by atoms with E-state index in [-0.39, 0.29) is 17.3 Å². The predicted molar refractivity (Wildman–Crippen MR) is 72.0 cm³/mol. The lowest BCUT2D eigenvalue weighted by molar-refractivity contribution is 0.341. The average molecular weight is 266 g/mol. The summed E-state index contributed by atoms with van der Waals surface area (Å²) in [6.45, 7) is 2.66. The molecule has 0 amide bonds. The van der Waals surface area contributed by atoms with E-state index in [0.717, 1.165) is 27.3 Å². The van der Waals surface area contributed by atoms with E-state index in [1.165, 1.54) is 11.7 Å². The molecule has 96 valence electrons. The summed E-state index contributed by atoms with van der Waals surface area (Å²) in [4.78, 5) is 11.8. The Labute approximate surface area is 108 Å². The second-order valence-electron chi connectivity index (χ2n) is 3.64. The van der Waals surface area contributed by atoms with Crippen molar-refractivity contribution in [3.8, 4) is 5.75 Å². The molecule has 0 saturated heterocycles. The zero-order chi connectivity index (χ0) is 13.1. The van der Waals surface area contributed by atoms with Gasteiger partial charge in [-0.15, -0.1) is 0 Å². The first-order valence-corrected chi connectivity index (χ1v) is 6.35. The van der Waals surface area contributed by atoms with Gasteiger partial charge in [-0.05, 0) is 25.1 Å².